The maximum atomic E-state index is 12.3. The Morgan fingerprint density at radius 1 is 1.02 bits per heavy atom. The molecule has 1 saturated carbocycles. The van der Waals surface area contributed by atoms with Gasteiger partial charge < -0.3 is 21.9 Å². The molecule has 2 aromatic carbocycles. The number of nitrogens with zero attached hydrogens (tertiary/aromatic N) is 4. The lowest BCUT2D eigenvalue weighted by atomic mass is 9.73. The van der Waals surface area contributed by atoms with Gasteiger partial charge in [0.05, 0.1) is 11.3 Å². The van der Waals surface area contributed by atoms with E-state index in [1.54, 1.807) is 12.3 Å². The molecule has 0 atom stereocenters. The summed E-state index contributed by atoms with van der Waals surface area (Å²) in [5.74, 6) is 0.520. The highest BCUT2D eigenvalue weighted by molar-refractivity contribution is 5.97. The summed E-state index contributed by atoms with van der Waals surface area (Å²) in [5, 5.41) is 12.8. The number of benzene rings is 2. The molecule has 9 nitrogen and oxygen atoms in total. The Morgan fingerprint density at radius 3 is 2.48 bits per heavy atom. The number of nitrogens with one attached hydrogen (secondary N) is 1. The first-order valence-electron chi connectivity index (χ1n) is 13.3. The number of anilines is 2. The van der Waals surface area contributed by atoms with E-state index < -0.39 is 11.5 Å². The van der Waals surface area contributed by atoms with Gasteiger partial charge in [-0.3, -0.25) is 9.36 Å². The van der Waals surface area contributed by atoms with Gasteiger partial charge in [-0.2, -0.15) is 0 Å². The van der Waals surface area contributed by atoms with Crippen molar-refractivity contribution in [2.75, 3.05) is 11.1 Å². The van der Waals surface area contributed by atoms with Crippen molar-refractivity contribution in [3.05, 3.63) is 84.6 Å². The molecule has 3 heterocycles. The highest BCUT2D eigenvalue weighted by Gasteiger charge is 2.34. The van der Waals surface area contributed by atoms with E-state index in [4.69, 9.17) is 21.4 Å². The molecule has 6 N–H and O–H groups in total. The second-order valence-corrected chi connectivity index (χ2v) is 10.9. The van der Waals surface area contributed by atoms with Crippen LogP contribution >= 0.6 is 0 Å². The van der Waals surface area contributed by atoms with Crippen molar-refractivity contribution in [2.45, 2.75) is 44.2 Å². The summed E-state index contributed by atoms with van der Waals surface area (Å²) in [6.45, 7) is 2.89. The van der Waals surface area contributed by atoms with Gasteiger partial charge in [-0.25, -0.2) is 15.0 Å². The molecule has 5 aromatic rings. The molecule has 0 radical (unpaired) electrons. The zero-order chi connectivity index (χ0) is 28.1. The second kappa shape index (κ2) is 9.55. The lowest BCUT2D eigenvalue weighted by molar-refractivity contribution is -0.130. The fraction of sp³-hybridized carbons (Fsp3) is 0.226. The van der Waals surface area contributed by atoms with Gasteiger partial charge in [0.2, 0.25) is 0 Å². The Kier molecular flexibility index (Phi) is 6.13. The summed E-state index contributed by atoms with van der Waals surface area (Å²) in [5.41, 5.74) is 17.2. The number of hydrogen-bond acceptors (Lipinski definition) is 7. The van der Waals surface area contributed by atoms with E-state index in [-0.39, 0.29) is 5.54 Å². The predicted molar refractivity (Wildman–Crippen MR) is 157 cm³/mol. The number of aliphatic hydroxyl groups is 1. The quantitative estimate of drug-likeness (QED) is 0.246. The van der Waals surface area contributed by atoms with Crippen LogP contribution in [0.1, 0.15) is 38.7 Å². The third-order valence-electron chi connectivity index (χ3n) is 7.50. The smallest absolute Gasteiger partial charge is 0.255 e. The van der Waals surface area contributed by atoms with E-state index in [2.05, 4.69) is 22.4 Å². The minimum absolute atomic E-state index is 0.261. The maximum Gasteiger partial charge on any atom is 0.255 e. The molecule has 202 valence electrons. The summed E-state index contributed by atoms with van der Waals surface area (Å²) < 4.78 is 1.99. The van der Waals surface area contributed by atoms with Crippen molar-refractivity contribution in [3.8, 4) is 28.3 Å². The average Bonchev–Trinajstić information content (AvgIpc) is 3.30. The molecule has 1 fully saturated rings. The number of carbonyl (C=O) groups is 1. The number of fused-ring (bicyclic) bond motifs is 1. The fourth-order valence-electron chi connectivity index (χ4n) is 4.98. The van der Waals surface area contributed by atoms with Gasteiger partial charge in [-0.1, -0.05) is 24.3 Å². The molecule has 3 aromatic heterocycles. The normalized spacial score (nSPS) is 14.6. The SMILES string of the molecule is CC(C)(O)C(=O)Nc1cccc(-c2ccc3nc(-c4cccnc4N)n(-c4ccc(C5(N)CCC5)cc4)c3n2)c1. The largest absolute Gasteiger partial charge is 0.383 e. The van der Waals surface area contributed by atoms with Crippen molar-refractivity contribution >= 4 is 28.6 Å². The molecule has 6 rings (SSSR count). The van der Waals surface area contributed by atoms with E-state index in [1.165, 1.54) is 13.8 Å². The molecule has 0 unspecified atom stereocenters. The standard InChI is InChI=1S/C31H31N7O2/c1-30(2,40)29(39)35-21-7-3-6-19(18-21)24-13-14-25-28(36-24)38(27(37-25)23-8-4-17-34-26(23)32)22-11-9-20(10-12-22)31(33)15-5-16-31/h3-4,6-14,17-18,40H,5,15-16,33H2,1-2H3,(H2,32,34)(H,35,39). The molecule has 9 heteroatoms. The van der Waals surface area contributed by atoms with Crippen molar-refractivity contribution < 1.29 is 9.90 Å². The highest BCUT2D eigenvalue weighted by atomic mass is 16.3. The first kappa shape index (κ1) is 25.7. The number of carbonyl (C=O) groups excluding carboxylic acids is 1. The van der Waals surface area contributed by atoms with Crippen molar-refractivity contribution in [1.29, 1.82) is 0 Å². The number of pyridine rings is 2. The maximum absolute atomic E-state index is 12.3. The first-order chi connectivity index (χ1) is 19.1. The van der Waals surface area contributed by atoms with E-state index in [0.717, 1.165) is 36.1 Å². The molecule has 0 spiro atoms. The number of nitrogens with two attached hydrogens (primary N) is 2. The Hall–Kier alpha value is -4.60. The van der Waals surface area contributed by atoms with Gasteiger partial charge in [-0.15, -0.1) is 0 Å². The number of hydrogen-bond donors (Lipinski definition) is 4. The summed E-state index contributed by atoms with van der Waals surface area (Å²) in [7, 11) is 0. The number of nitrogen functional groups attached to an aromatic ring is 1. The zero-order valence-electron chi connectivity index (χ0n) is 22.4. The van der Waals surface area contributed by atoms with E-state index >= 15 is 0 Å². The van der Waals surface area contributed by atoms with Crippen LogP contribution in [0, 0.1) is 0 Å². The van der Waals surface area contributed by atoms with Crippen LogP contribution in [-0.2, 0) is 10.3 Å². The third kappa shape index (κ3) is 4.59. The molecule has 1 aliphatic carbocycles. The number of amides is 1. The van der Waals surface area contributed by atoms with E-state index in [1.807, 2.05) is 59.2 Å². The molecule has 0 saturated heterocycles. The monoisotopic (exact) mass is 533 g/mol. The van der Waals surface area contributed by atoms with E-state index in [9.17, 15) is 9.90 Å². The Morgan fingerprint density at radius 2 is 1.80 bits per heavy atom. The molecule has 0 aliphatic heterocycles. The van der Waals surface area contributed by atoms with Gasteiger partial charge in [0.15, 0.2) is 11.5 Å². The first-order valence-corrected chi connectivity index (χ1v) is 13.3. The Bertz CT molecular complexity index is 1730. The number of rotatable bonds is 6. The highest BCUT2D eigenvalue weighted by Crippen LogP contribution is 2.39. The molecule has 40 heavy (non-hydrogen) atoms. The lowest BCUT2D eigenvalue weighted by Gasteiger charge is -2.38. The summed E-state index contributed by atoms with van der Waals surface area (Å²) in [4.78, 5) is 26.5. The van der Waals surface area contributed by atoms with Gasteiger partial charge in [-0.05, 0) is 87.2 Å². The minimum atomic E-state index is -1.50. The fourth-order valence-corrected chi connectivity index (χ4v) is 4.98. The summed E-state index contributed by atoms with van der Waals surface area (Å²) in [6.07, 6.45) is 4.76. The van der Waals surface area contributed by atoms with Crippen LogP contribution in [-0.4, -0.2) is 36.1 Å². The van der Waals surface area contributed by atoms with E-state index in [0.29, 0.717) is 39.8 Å². The summed E-state index contributed by atoms with van der Waals surface area (Å²) in [6, 6.07) is 23.1. The third-order valence-corrected chi connectivity index (χ3v) is 7.50. The minimum Gasteiger partial charge on any atom is -0.383 e. The topological polar surface area (TPSA) is 145 Å². The van der Waals surface area contributed by atoms with Crippen LogP contribution in [0.5, 0.6) is 0 Å². The van der Waals surface area contributed by atoms with Crippen molar-refractivity contribution in [1.82, 2.24) is 19.5 Å². The van der Waals surface area contributed by atoms with Crippen LogP contribution in [0.15, 0.2) is 79.0 Å². The van der Waals surface area contributed by atoms with Gasteiger partial charge >= 0.3 is 0 Å². The van der Waals surface area contributed by atoms with Gasteiger partial charge in [0, 0.05) is 28.7 Å². The Labute approximate surface area is 231 Å². The number of aromatic nitrogens is 4. The average molecular weight is 534 g/mol. The molecular weight excluding hydrogens is 502 g/mol. The molecular formula is C31H31N7O2. The second-order valence-electron chi connectivity index (χ2n) is 10.9. The van der Waals surface area contributed by atoms with Crippen LogP contribution in [0.3, 0.4) is 0 Å². The molecule has 1 amide bonds. The van der Waals surface area contributed by atoms with Crippen LogP contribution < -0.4 is 16.8 Å². The van der Waals surface area contributed by atoms with Crippen molar-refractivity contribution in [2.24, 2.45) is 5.73 Å². The number of imidazole rings is 1. The van der Waals surface area contributed by atoms with Crippen LogP contribution in [0.2, 0.25) is 0 Å². The van der Waals surface area contributed by atoms with Crippen molar-refractivity contribution in [3.63, 3.8) is 0 Å². The molecule has 1 aliphatic rings. The van der Waals surface area contributed by atoms with Gasteiger partial charge in [0.1, 0.15) is 16.9 Å². The predicted octanol–water partition coefficient (Wildman–Crippen LogP) is 4.78. The van der Waals surface area contributed by atoms with Crippen LogP contribution in [0.4, 0.5) is 11.5 Å². The van der Waals surface area contributed by atoms with Gasteiger partial charge in [0.25, 0.3) is 5.91 Å². The Balaban J connectivity index is 1.47. The molecule has 0 bridgehead atoms. The lowest BCUT2D eigenvalue weighted by Crippen LogP contribution is -2.43. The zero-order valence-corrected chi connectivity index (χ0v) is 22.4. The van der Waals surface area contributed by atoms with Crippen LogP contribution in [0.25, 0.3) is 39.5 Å². The summed E-state index contributed by atoms with van der Waals surface area (Å²) >= 11 is 0.